The highest BCUT2D eigenvalue weighted by Crippen LogP contribution is 2.31. The summed E-state index contributed by atoms with van der Waals surface area (Å²) in [6.07, 6.45) is 6.75. The first-order valence-corrected chi connectivity index (χ1v) is 16.2. The van der Waals surface area contributed by atoms with E-state index in [0.29, 0.717) is 36.2 Å². The lowest BCUT2D eigenvalue weighted by Gasteiger charge is -2.11. The van der Waals surface area contributed by atoms with E-state index in [2.05, 4.69) is 50.2 Å². The molecule has 2 saturated heterocycles. The van der Waals surface area contributed by atoms with Gasteiger partial charge in [-0.2, -0.15) is 0 Å². The van der Waals surface area contributed by atoms with Gasteiger partial charge in [0.1, 0.15) is 25.4 Å². The van der Waals surface area contributed by atoms with E-state index in [0.717, 1.165) is 55.0 Å². The van der Waals surface area contributed by atoms with Crippen LogP contribution in [0, 0.1) is 0 Å². The highest BCUT2D eigenvalue weighted by atomic mass is 16.6. The summed E-state index contributed by atoms with van der Waals surface area (Å²) < 4.78 is 33.2. The Hall–Kier alpha value is -4.66. The van der Waals surface area contributed by atoms with Crippen molar-refractivity contribution >= 4 is 23.8 Å². The maximum Gasteiger partial charge on any atom is 0.161 e. The Labute approximate surface area is 277 Å². The first-order chi connectivity index (χ1) is 23.0. The Kier molecular flexibility index (Phi) is 10.5. The van der Waals surface area contributed by atoms with E-state index in [-0.39, 0.29) is 12.2 Å². The van der Waals surface area contributed by atoms with Crippen LogP contribution in [0.5, 0.6) is 23.0 Å². The summed E-state index contributed by atoms with van der Waals surface area (Å²) in [4.78, 5) is 9.65. The zero-order valence-electron chi connectivity index (χ0n) is 27.5. The van der Waals surface area contributed by atoms with Gasteiger partial charge in [-0.3, -0.25) is 9.98 Å². The molecule has 0 amide bonds. The molecule has 0 aliphatic carbocycles. The second-order valence-electron chi connectivity index (χ2n) is 11.7. The van der Waals surface area contributed by atoms with Gasteiger partial charge in [0.15, 0.2) is 23.0 Å². The Morgan fingerprint density at radius 1 is 0.617 bits per heavy atom. The molecular formula is C39H42N2O6. The average molecular weight is 635 g/mol. The lowest BCUT2D eigenvalue weighted by Crippen LogP contribution is -2.05. The predicted octanol–water partition coefficient (Wildman–Crippen LogP) is 7.48. The minimum Gasteiger partial charge on any atom is -0.493 e. The number of aryl methyl sites for hydroxylation is 2. The van der Waals surface area contributed by atoms with E-state index in [4.69, 9.17) is 38.4 Å². The van der Waals surface area contributed by atoms with Crippen LogP contribution < -0.4 is 18.9 Å². The van der Waals surface area contributed by atoms with Crippen molar-refractivity contribution in [1.82, 2.24) is 0 Å². The third-order valence-corrected chi connectivity index (χ3v) is 8.19. The van der Waals surface area contributed by atoms with Crippen molar-refractivity contribution < 1.29 is 28.4 Å². The Morgan fingerprint density at radius 2 is 1.06 bits per heavy atom. The molecule has 2 fully saturated rings. The van der Waals surface area contributed by atoms with Crippen molar-refractivity contribution in [3.05, 3.63) is 106 Å². The first kappa shape index (κ1) is 32.3. The van der Waals surface area contributed by atoms with Crippen LogP contribution >= 0.6 is 0 Å². The molecule has 2 aliphatic heterocycles. The van der Waals surface area contributed by atoms with E-state index in [1.807, 2.05) is 48.8 Å². The van der Waals surface area contributed by atoms with Crippen LogP contribution in [-0.4, -0.2) is 65.3 Å². The largest absolute Gasteiger partial charge is 0.493 e. The number of methoxy groups -OCH3 is 2. The summed E-state index contributed by atoms with van der Waals surface area (Å²) in [5.41, 5.74) is 8.75. The van der Waals surface area contributed by atoms with Gasteiger partial charge in [0, 0.05) is 12.4 Å². The van der Waals surface area contributed by atoms with Gasteiger partial charge in [-0.25, -0.2) is 0 Å². The predicted molar refractivity (Wildman–Crippen MR) is 185 cm³/mol. The molecule has 0 radical (unpaired) electrons. The van der Waals surface area contributed by atoms with Gasteiger partial charge in [-0.05, 0) is 101 Å². The molecule has 0 bridgehead atoms. The zero-order chi connectivity index (χ0) is 32.6. The summed E-state index contributed by atoms with van der Waals surface area (Å²) >= 11 is 0. The number of epoxide rings is 2. The minimum atomic E-state index is 0.192. The van der Waals surface area contributed by atoms with Crippen LogP contribution in [-0.2, 0) is 28.7 Å². The number of ether oxygens (including phenoxy) is 6. The van der Waals surface area contributed by atoms with Crippen LogP contribution in [0.3, 0.4) is 0 Å². The van der Waals surface area contributed by atoms with Gasteiger partial charge in [-0.1, -0.05) is 38.1 Å². The van der Waals surface area contributed by atoms with Crippen LogP contribution in [0.4, 0.5) is 11.4 Å². The summed E-state index contributed by atoms with van der Waals surface area (Å²) in [5.74, 6) is 2.79. The van der Waals surface area contributed by atoms with E-state index in [1.54, 1.807) is 14.2 Å². The quantitative estimate of drug-likeness (QED) is 0.0939. The summed E-state index contributed by atoms with van der Waals surface area (Å²) in [7, 11) is 3.30. The summed E-state index contributed by atoms with van der Waals surface area (Å²) in [5, 5.41) is 0. The van der Waals surface area contributed by atoms with Crippen molar-refractivity contribution in [3.63, 3.8) is 0 Å². The first-order valence-electron chi connectivity index (χ1n) is 16.2. The van der Waals surface area contributed by atoms with Crippen LogP contribution in [0.15, 0.2) is 82.8 Å². The van der Waals surface area contributed by atoms with Crippen molar-refractivity contribution in [2.75, 3.05) is 40.6 Å². The number of nitrogens with zero attached hydrogens (tertiary/aromatic N) is 2. The molecule has 4 aromatic carbocycles. The molecular weight excluding hydrogens is 592 g/mol. The molecule has 47 heavy (non-hydrogen) atoms. The molecule has 2 atom stereocenters. The topological polar surface area (TPSA) is 86.7 Å². The van der Waals surface area contributed by atoms with Gasteiger partial charge in [-0.15, -0.1) is 0 Å². The van der Waals surface area contributed by atoms with Crippen LogP contribution in [0.2, 0.25) is 0 Å². The maximum atomic E-state index is 5.83. The standard InChI is InChI=1S/C39H42N2O6/c1-5-30-16-26(7-11-34(30)40-20-28-9-13-36(38(18-28)42-3)46-24-32-22-44-32)15-27-8-12-35(31(6-2)17-27)41-21-29-10-14-37(39(19-29)43-4)47-25-33-23-45-33/h7-14,16-21,32-33H,5-6,15,22-25H2,1-4H3. The third-order valence-electron chi connectivity index (χ3n) is 8.19. The molecule has 2 unspecified atom stereocenters. The van der Waals surface area contributed by atoms with E-state index >= 15 is 0 Å². The van der Waals surface area contributed by atoms with Gasteiger partial charge in [0.2, 0.25) is 0 Å². The second-order valence-corrected chi connectivity index (χ2v) is 11.7. The van der Waals surface area contributed by atoms with E-state index in [1.165, 1.54) is 22.3 Å². The normalized spacial score (nSPS) is 16.9. The van der Waals surface area contributed by atoms with Crippen LogP contribution in [0.1, 0.15) is 47.2 Å². The number of rotatable bonds is 16. The number of hydrogen-bond acceptors (Lipinski definition) is 8. The monoisotopic (exact) mass is 634 g/mol. The number of hydrogen-bond donors (Lipinski definition) is 0. The Balaban J connectivity index is 1.11. The van der Waals surface area contributed by atoms with Crippen molar-refractivity contribution in [1.29, 1.82) is 0 Å². The van der Waals surface area contributed by atoms with Gasteiger partial charge >= 0.3 is 0 Å². The number of benzene rings is 4. The molecule has 4 aromatic rings. The molecule has 244 valence electrons. The molecule has 0 N–H and O–H groups in total. The van der Waals surface area contributed by atoms with Gasteiger partial charge in [0.25, 0.3) is 0 Å². The third kappa shape index (κ3) is 8.78. The van der Waals surface area contributed by atoms with Crippen molar-refractivity contribution in [3.8, 4) is 23.0 Å². The molecule has 2 aliphatic rings. The minimum absolute atomic E-state index is 0.192. The summed E-state index contributed by atoms with van der Waals surface area (Å²) in [6, 6.07) is 24.8. The number of aliphatic imine (C=N–C) groups is 2. The molecule has 8 heteroatoms. The molecule has 2 heterocycles. The van der Waals surface area contributed by atoms with E-state index in [9.17, 15) is 0 Å². The van der Waals surface area contributed by atoms with Gasteiger partial charge in [0.05, 0.1) is 38.8 Å². The van der Waals surface area contributed by atoms with Crippen molar-refractivity contribution in [2.45, 2.75) is 45.3 Å². The van der Waals surface area contributed by atoms with Crippen molar-refractivity contribution in [2.24, 2.45) is 9.98 Å². The fourth-order valence-electron chi connectivity index (χ4n) is 5.30. The zero-order valence-corrected chi connectivity index (χ0v) is 27.5. The lowest BCUT2D eigenvalue weighted by molar-refractivity contribution is 0.252. The summed E-state index contributed by atoms with van der Waals surface area (Å²) in [6.45, 7) is 6.91. The fraction of sp³-hybridized carbons (Fsp3) is 0.333. The highest BCUT2D eigenvalue weighted by molar-refractivity contribution is 5.84. The molecule has 0 spiro atoms. The molecule has 8 nitrogen and oxygen atoms in total. The SMILES string of the molecule is CCc1cc(Cc2ccc(N=Cc3ccc(OCC4CO4)c(OC)c3)c(CC)c2)ccc1N=Cc1ccc(OCC2CO2)c(OC)c1. The molecule has 0 saturated carbocycles. The fourth-order valence-corrected chi connectivity index (χ4v) is 5.30. The molecule has 0 aromatic heterocycles. The highest BCUT2D eigenvalue weighted by Gasteiger charge is 2.24. The Morgan fingerprint density at radius 3 is 1.45 bits per heavy atom. The average Bonchev–Trinajstić information content (AvgIpc) is 4.05. The smallest absolute Gasteiger partial charge is 0.161 e. The molecule has 6 rings (SSSR count). The van der Waals surface area contributed by atoms with Gasteiger partial charge < -0.3 is 28.4 Å². The van der Waals surface area contributed by atoms with E-state index < -0.39 is 0 Å². The lowest BCUT2D eigenvalue weighted by atomic mass is 9.98. The van der Waals surface area contributed by atoms with Crippen LogP contribution in [0.25, 0.3) is 0 Å². The maximum absolute atomic E-state index is 5.83. The second kappa shape index (κ2) is 15.3. The Bertz CT molecular complexity index is 1610.